The van der Waals surface area contributed by atoms with Crippen LogP contribution in [0.5, 0.6) is 0 Å². The fraction of sp³-hybridized carbons (Fsp3) is 0.250. The first-order valence-corrected chi connectivity index (χ1v) is 4.20. The molecule has 0 saturated heterocycles. The molecule has 0 fully saturated rings. The number of carbonyl (C=O) groups excluding carboxylic acids is 1. The molecule has 0 atom stereocenters. The zero-order valence-corrected chi connectivity index (χ0v) is 8.15. The second-order valence-corrected chi connectivity index (χ2v) is 2.87. The van der Waals surface area contributed by atoms with Crippen LogP contribution in [0.4, 0.5) is 13.2 Å². The fourth-order valence-corrected chi connectivity index (χ4v) is 0.816. The van der Waals surface area contributed by atoms with Gasteiger partial charge < -0.3 is 10.4 Å². The van der Waals surface area contributed by atoms with Gasteiger partial charge in [-0.1, -0.05) is 0 Å². The van der Waals surface area contributed by atoms with Crippen molar-refractivity contribution in [2.45, 2.75) is 12.7 Å². The SMILES string of the molecule is O=C(O)c1cnc(CNC(=O)C(F)(F)F)nc1. The van der Waals surface area contributed by atoms with Gasteiger partial charge in [0.05, 0.1) is 12.1 Å². The van der Waals surface area contributed by atoms with Crippen molar-refractivity contribution in [2.24, 2.45) is 0 Å². The first-order valence-electron chi connectivity index (χ1n) is 4.20. The van der Waals surface area contributed by atoms with E-state index in [1.807, 2.05) is 0 Å². The third-order valence-corrected chi connectivity index (χ3v) is 1.62. The number of carboxylic acids is 1. The van der Waals surface area contributed by atoms with Crippen molar-refractivity contribution in [1.29, 1.82) is 0 Å². The maximum atomic E-state index is 11.8. The molecule has 17 heavy (non-hydrogen) atoms. The summed E-state index contributed by atoms with van der Waals surface area (Å²) in [4.78, 5) is 27.8. The molecule has 0 radical (unpaired) electrons. The number of rotatable bonds is 3. The van der Waals surface area contributed by atoms with E-state index in [9.17, 15) is 22.8 Å². The van der Waals surface area contributed by atoms with E-state index in [1.165, 1.54) is 0 Å². The highest BCUT2D eigenvalue weighted by Gasteiger charge is 2.38. The van der Waals surface area contributed by atoms with Crippen LogP contribution in [0.1, 0.15) is 16.2 Å². The van der Waals surface area contributed by atoms with Crippen molar-refractivity contribution in [2.75, 3.05) is 0 Å². The Morgan fingerprint density at radius 3 is 2.24 bits per heavy atom. The van der Waals surface area contributed by atoms with Gasteiger partial charge in [0.25, 0.3) is 0 Å². The standard InChI is InChI=1S/C8H6F3N3O3/c9-8(10,11)7(17)14-3-5-12-1-4(2-13-5)6(15)16/h1-2H,3H2,(H,14,17)(H,15,16). The van der Waals surface area contributed by atoms with Crippen LogP contribution < -0.4 is 5.32 Å². The summed E-state index contributed by atoms with van der Waals surface area (Å²) >= 11 is 0. The third-order valence-electron chi connectivity index (χ3n) is 1.62. The summed E-state index contributed by atoms with van der Waals surface area (Å²) in [6.07, 6.45) is -3.10. The lowest BCUT2D eigenvalue weighted by molar-refractivity contribution is -0.173. The Labute approximate surface area is 92.5 Å². The summed E-state index contributed by atoms with van der Waals surface area (Å²) in [6.45, 7) is -0.530. The molecule has 1 aromatic heterocycles. The van der Waals surface area contributed by atoms with Gasteiger partial charge in [-0.25, -0.2) is 14.8 Å². The number of aromatic nitrogens is 2. The molecule has 0 aliphatic carbocycles. The van der Waals surface area contributed by atoms with Crippen LogP contribution in [0.3, 0.4) is 0 Å². The number of halogens is 3. The van der Waals surface area contributed by atoms with E-state index in [4.69, 9.17) is 5.11 Å². The van der Waals surface area contributed by atoms with Gasteiger partial charge in [0.2, 0.25) is 0 Å². The van der Waals surface area contributed by atoms with E-state index in [2.05, 4.69) is 9.97 Å². The number of nitrogens with one attached hydrogen (secondary N) is 1. The smallest absolute Gasteiger partial charge is 0.471 e. The zero-order valence-electron chi connectivity index (χ0n) is 8.15. The van der Waals surface area contributed by atoms with Crippen molar-refractivity contribution in [3.8, 4) is 0 Å². The number of hydrogen-bond donors (Lipinski definition) is 2. The highest BCUT2D eigenvalue weighted by molar-refractivity contribution is 5.86. The molecule has 0 bridgehead atoms. The normalized spacial score (nSPS) is 11.0. The molecular weight excluding hydrogens is 243 g/mol. The molecule has 0 unspecified atom stereocenters. The van der Waals surface area contributed by atoms with Gasteiger partial charge in [0, 0.05) is 12.4 Å². The average Bonchev–Trinajstić information content (AvgIpc) is 2.25. The Morgan fingerprint density at radius 1 is 1.29 bits per heavy atom. The molecule has 92 valence electrons. The summed E-state index contributed by atoms with van der Waals surface area (Å²) < 4.78 is 35.4. The second-order valence-electron chi connectivity index (χ2n) is 2.87. The Hall–Kier alpha value is -2.19. The first kappa shape index (κ1) is 12.9. The van der Waals surface area contributed by atoms with Gasteiger partial charge in [0.15, 0.2) is 0 Å². The fourth-order valence-electron chi connectivity index (χ4n) is 0.816. The maximum absolute atomic E-state index is 11.8. The molecular formula is C8H6F3N3O3. The van der Waals surface area contributed by atoms with E-state index < -0.39 is 24.6 Å². The summed E-state index contributed by atoms with van der Waals surface area (Å²) in [7, 11) is 0. The summed E-state index contributed by atoms with van der Waals surface area (Å²) in [5.41, 5.74) is -0.198. The lowest BCUT2D eigenvalue weighted by Gasteiger charge is -2.06. The summed E-state index contributed by atoms with van der Waals surface area (Å²) in [5, 5.41) is 10.1. The summed E-state index contributed by atoms with van der Waals surface area (Å²) in [5.74, 6) is -3.48. The Morgan fingerprint density at radius 2 is 1.82 bits per heavy atom. The first-order chi connectivity index (χ1) is 7.80. The monoisotopic (exact) mass is 249 g/mol. The maximum Gasteiger partial charge on any atom is 0.471 e. The van der Waals surface area contributed by atoms with Crippen LogP contribution in [-0.4, -0.2) is 33.1 Å². The van der Waals surface area contributed by atoms with Crippen LogP contribution in [0.25, 0.3) is 0 Å². The number of alkyl halides is 3. The predicted octanol–water partition coefficient (Wildman–Crippen LogP) is 0.353. The average molecular weight is 249 g/mol. The van der Waals surface area contributed by atoms with E-state index in [-0.39, 0.29) is 11.4 Å². The minimum absolute atomic E-state index is 0.118. The molecule has 2 N–H and O–H groups in total. The number of hydrogen-bond acceptors (Lipinski definition) is 4. The third kappa shape index (κ3) is 3.70. The predicted molar refractivity (Wildman–Crippen MR) is 46.9 cm³/mol. The van der Waals surface area contributed by atoms with Crippen LogP contribution >= 0.6 is 0 Å². The van der Waals surface area contributed by atoms with E-state index >= 15 is 0 Å². The quantitative estimate of drug-likeness (QED) is 0.806. The van der Waals surface area contributed by atoms with Gasteiger partial charge in [-0.3, -0.25) is 4.79 Å². The van der Waals surface area contributed by atoms with Crippen LogP contribution in [0.15, 0.2) is 12.4 Å². The number of carbonyl (C=O) groups is 2. The molecule has 1 amide bonds. The van der Waals surface area contributed by atoms with Crippen LogP contribution in [-0.2, 0) is 11.3 Å². The second kappa shape index (κ2) is 4.76. The molecule has 9 heteroatoms. The van der Waals surface area contributed by atoms with E-state index in [1.54, 1.807) is 5.32 Å². The van der Waals surface area contributed by atoms with Gasteiger partial charge in [-0.2, -0.15) is 13.2 Å². The molecule has 6 nitrogen and oxygen atoms in total. The molecule has 0 spiro atoms. The Bertz CT molecular complexity index is 430. The van der Waals surface area contributed by atoms with Gasteiger partial charge in [0.1, 0.15) is 5.82 Å². The van der Waals surface area contributed by atoms with E-state index in [0.717, 1.165) is 12.4 Å². The van der Waals surface area contributed by atoms with Crippen LogP contribution in [0, 0.1) is 0 Å². The molecule has 0 aliphatic rings. The highest BCUT2D eigenvalue weighted by atomic mass is 19.4. The molecule has 1 heterocycles. The minimum atomic E-state index is -4.97. The van der Waals surface area contributed by atoms with E-state index in [0.29, 0.717) is 0 Å². The molecule has 1 aromatic rings. The number of amides is 1. The molecule has 0 saturated carbocycles. The van der Waals surface area contributed by atoms with Crippen molar-refractivity contribution < 1.29 is 27.9 Å². The van der Waals surface area contributed by atoms with Gasteiger partial charge >= 0.3 is 18.1 Å². The number of carboxylic acid groups (broad SMARTS) is 1. The van der Waals surface area contributed by atoms with Crippen molar-refractivity contribution in [1.82, 2.24) is 15.3 Å². The zero-order chi connectivity index (χ0) is 13.1. The largest absolute Gasteiger partial charge is 0.478 e. The Kier molecular flexibility index (Phi) is 3.61. The van der Waals surface area contributed by atoms with Crippen molar-refractivity contribution in [3.05, 3.63) is 23.8 Å². The Balaban J connectivity index is 2.59. The van der Waals surface area contributed by atoms with Crippen molar-refractivity contribution in [3.63, 3.8) is 0 Å². The van der Waals surface area contributed by atoms with Crippen molar-refractivity contribution >= 4 is 11.9 Å². The molecule has 0 aromatic carbocycles. The lowest BCUT2D eigenvalue weighted by atomic mass is 10.3. The van der Waals surface area contributed by atoms with Crippen LogP contribution in [0.2, 0.25) is 0 Å². The van der Waals surface area contributed by atoms with Gasteiger partial charge in [-0.05, 0) is 0 Å². The summed E-state index contributed by atoms with van der Waals surface area (Å²) in [6, 6.07) is 0. The minimum Gasteiger partial charge on any atom is -0.478 e. The lowest BCUT2D eigenvalue weighted by Crippen LogP contribution is -2.36. The van der Waals surface area contributed by atoms with Gasteiger partial charge in [-0.15, -0.1) is 0 Å². The molecule has 1 rings (SSSR count). The topological polar surface area (TPSA) is 92.2 Å². The number of nitrogens with zero attached hydrogens (tertiary/aromatic N) is 2. The molecule has 0 aliphatic heterocycles. The number of aromatic carboxylic acids is 1. The highest BCUT2D eigenvalue weighted by Crippen LogP contribution is 2.14.